The molecule has 5 nitrogen and oxygen atoms in total. The van der Waals surface area contributed by atoms with Crippen molar-refractivity contribution < 1.29 is 24.6 Å². The Hall–Kier alpha value is -2.51. The molecule has 148 valence electrons. The van der Waals surface area contributed by atoms with Crippen molar-refractivity contribution in [3.8, 4) is 0 Å². The first-order chi connectivity index (χ1) is 13.8. The van der Waals surface area contributed by atoms with Gasteiger partial charge in [-0.15, -0.1) is 0 Å². The van der Waals surface area contributed by atoms with Crippen molar-refractivity contribution in [2.45, 2.75) is 19.3 Å². The fourth-order valence-electron chi connectivity index (χ4n) is 3.17. The number of carboxylic acid groups (broad SMARTS) is 2. The zero-order chi connectivity index (χ0) is 21.1. The van der Waals surface area contributed by atoms with Gasteiger partial charge in [0.15, 0.2) is 5.78 Å². The van der Waals surface area contributed by atoms with Crippen LogP contribution in [0.3, 0.4) is 0 Å². The Morgan fingerprint density at radius 1 is 0.793 bits per heavy atom. The minimum atomic E-state index is -1.02. The van der Waals surface area contributed by atoms with Crippen molar-refractivity contribution in [3.63, 3.8) is 0 Å². The van der Waals surface area contributed by atoms with Crippen LogP contribution in [0, 0.1) is 0 Å². The Balaban J connectivity index is 1.88. The number of aromatic carboxylic acids is 2. The summed E-state index contributed by atoms with van der Waals surface area (Å²) in [5.41, 5.74) is 3.16. The lowest BCUT2D eigenvalue weighted by molar-refractivity contribution is -0.112. The minimum absolute atomic E-state index is 0.0480. The highest BCUT2D eigenvalue weighted by molar-refractivity contribution is 9.10. The first-order valence-corrected chi connectivity index (χ1v) is 10.4. The fourth-order valence-corrected chi connectivity index (χ4v) is 4.30. The lowest BCUT2D eigenvalue weighted by Gasteiger charge is -2.17. The third-order valence-electron chi connectivity index (χ3n) is 4.60. The molecule has 3 rings (SSSR count). The van der Waals surface area contributed by atoms with E-state index in [1.165, 1.54) is 12.1 Å². The van der Waals surface area contributed by atoms with Crippen LogP contribution >= 0.6 is 31.9 Å². The van der Waals surface area contributed by atoms with Crippen LogP contribution in [-0.2, 0) is 4.79 Å². The number of carboxylic acids is 2. The number of allylic oxidation sites excluding steroid dienone is 2. The summed E-state index contributed by atoms with van der Waals surface area (Å²) >= 11 is 6.51. The summed E-state index contributed by atoms with van der Waals surface area (Å²) in [7, 11) is 0. The summed E-state index contributed by atoms with van der Waals surface area (Å²) in [6.07, 6.45) is 5.70. The van der Waals surface area contributed by atoms with E-state index in [1.807, 2.05) is 0 Å². The summed E-state index contributed by atoms with van der Waals surface area (Å²) in [4.78, 5) is 35.2. The monoisotopic (exact) mass is 518 g/mol. The van der Waals surface area contributed by atoms with E-state index in [0.717, 1.165) is 17.5 Å². The summed E-state index contributed by atoms with van der Waals surface area (Å²) in [5, 5.41) is 18.2. The van der Waals surface area contributed by atoms with Crippen LogP contribution in [0.5, 0.6) is 0 Å². The normalized spacial score (nSPS) is 17.0. The van der Waals surface area contributed by atoms with Crippen LogP contribution in [0.15, 0.2) is 56.5 Å². The number of carbonyl (C=O) groups is 3. The number of ketones is 1. The first-order valence-electron chi connectivity index (χ1n) is 8.78. The second-order valence-corrected chi connectivity index (χ2v) is 8.32. The predicted octanol–water partition coefficient (Wildman–Crippen LogP) is 5.83. The Bertz CT molecular complexity index is 999. The molecule has 0 radical (unpaired) electrons. The predicted molar refractivity (Wildman–Crippen MR) is 117 cm³/mol. The van der Waals surface area contributed by atoms with Crippen LogP contribution < -0.4 is 0 Å². The Labute approximate surface area is 184 Å². The number of hydrogen-bond acceptors (Lipinski definition) is 3. The highest BCUT2D eigenvalue weighted by Crippen LogP contribution is 2.30. The van der Waals surface area contributed by atoms with Crippen LogP contribution in [0.25, 0.3) is 12.2 Å². The molecule has 1 fully saturated rings. The quantitative estimate of drug-likeness (QED) is 0.496. The van der Waals surface area contributed by atoms with E-state index < -0.39 is 11.9 Å². The Kier molecular flexibility index (Phi) is 6.49. The van der Waals surface area contributed by atoms with Crippen molar-refractivity contribution in [2.24, 2.45) is 0 Å². The van der Waals surface area contributed by atoms with Crippen molar-refractivity contribution in [3.05, 3.63) is 78.7 Å². The summed E-state index contributed by atoms with van der Waals surface area (Å²) in [6, 6.07) is 9.73. The smallest absolute Gasteiger partial charge is 0.336 e. The average Bonchev–Trinajstić information content (AvgIpc) is 2.64. The molecule has 0 heterocycles. The summed E-state index contributed by atoms with van der Waals surface area (Å²) < 4.78 is 0.920. The molecule has 0 bridgehead atoms. The Morgan fingerprint density at radius 2 is 1.21 bits per heavy atom. The Morgan fingerprint density at radius 3 is 1.55 bits per heavy atom. The second kappa shape index (κ2) is 8.88. The van der Waals surface area contributed by atoms with E-state index in [-0.39, 0.29) is 16.9 Å². The molecule has 2 N–H and O–H groups in total. The molecule has 0 aliphatic heterocycles. The molecule has 1 aliphatic carbocycles. The molecule has 0 unspecified atom stereocenters. The molecular formula is C22H16Br2O5. The number of benzene rings is 2. The molecule has 0 amide bonds. The number of hydrogen-bond donors (Lipinski definition) is 2. The summed E-state index contributed by atoms with van der Waals surface area (Å²) in [5.74, 6) is -2.08. The number of halogens is 2. The maximum Gasteiger partial charge on any atom is 0.336 e. The van der Waals surface area contributed by atoms with Crippen LogP contribution in [-0.4, -0.2) is 27.9 Å². The van der Waals surface area contributed by atoms with Crippen LogP contribution in [0.2, 0.25) is 0 Å². The number of rotatable bonds is 4. The van der Waals surface area contributed by atoms with E-state index in [4.69, 9.17) is 10.2 Å². The summed E-state index contributed by atoms with van der Waals surface area (Å²) in [6.45, 7) is 0. The highest BCUT2D eigenvalue weighted by atomic mass is 79.9. The average molecular weight is 520 g/mol. The van der Waals surface area contributed by atoms with E-state index in [0.29, 0.717) is 32.9 Å². The number of carbonyl (C=O) groups excluding carboxylic acids is 1. The third kappa shape index (κ3) is 4.92. The van der Waals surface area contributed by atoms with Gasteiger partial charge in [0.1, 0.15) is 0 Å². The fraction of sp³-hybridized carbons (Fsp3) is 0.136. The van der Waals surface area contributed by atoms with Gasteiger partial charge in [-0.2, -0.15) is 0 Å². The second-order valence-electron chi connectivity index (χ2n) is 6.61. The van der Waals surface area contributed by atoms with Crippen molar-refractivity contribution in [1.29, 1.82) is 0 Å². The molecule has 0 aromatic heterocycles. The highest BCUT2D eigenvalue weighted by Gasteiger charge is 2.21. The molecule has 2 aromatic rings. The van der Waals surface area contributed by atoms with Crippen molar-refractivity contribution in [2.75, 3.05) is 0 Å². The lowest BCUT2D eigenvalue weighted by atomic mass is 9.86. The molecule has 1 aliphatic rings. The van der Waals surface area contributed by atoms with E-state index in [1.54, 1.807) is 36.4 Å². The standard InChI is InChI=1S/C22H16Br2O5/c23-18-10-12(4-6-16(18)21(26)27)8-14-2-1-3-15(20(14)25)9-13-5-7-17(22(28)29)19(24)11-13/h4-11H,1-3H2,(H,26,27)(H,28,29). The minimum Gasteiger partial charge on any atom is -0.478 e. The third-order valence-corrected chi connectivity index (χ3v) is 5.92. The largest absolute Gasteiger partial charge is 0.478 e. The van der Waals surface area contributed by atoms with Gasteiger partial charge in [0.25, 0.3) is 0 Å². The van der Waals surface area contributed by atoms with E-state index >= 15 is 0 Å². The van der Waals surface area contributed by atoms with Crippen molar-refractivity contribution in [1.82, 2.24) is 0 Å². The van der Waals surface area contributed by atoms with Crippen molar-refractivity contribution >= 4 is 61.7 Å². The maximum atomic E-state index is 12.9. The van der Waals surface area contributed by atoms with Gasteiger partial charge in [0.2, 0.25) is 0 Å². The van der Waals surface area contributed by atoms with Gasteiger partial charge in [-0.05, 0) is 98.7 Å². The maximum absolute atomic E-state index is 12.9. The SMILES string of the molecule is O=C1C(=Cc2ccc(C(=O)O)c(Br)c2)CCCC1=Cc1ccc(C(=O)O)c(Br)c1. The topological polar surface area (TPSA) is 91.7 Å². The lowest BCUT2D eigenvalue weighted by Crippen LogP contribution is -2.12. The van der Waals surface area contributed by atoms with Gasteiger partial charge in [-0.25, -0.2) is 9.59 Å². The molecule has 1 saturated carbocycles. The van der Waals surface area contributed by atoms with Crippen LogP contribution in [0.4, 0.5) is 0 Å². The molecular weight excluding hydrogens is 504 g/mol. The van der Waals surface area contributed by atoms with Gasteiger partial charge in [0.05, 0.1) is 11.1 Å². The molecule has 29 heavy (non-hydrogen) atoms. The van der Waals surface area contributed by atoms with Gasteiger partial charge in [-0.3, -0.25) is 4.79 Å². The molecule has 7 heteroatoms. The van der Waals surface area contributed by atoms with Crippen LogP contribution in [0.1, 0.15) is 51.1 Å². The molecule has 2 aromatic carbocycles. The zero-order valence-corrected chi connectivity index (χ0v) is 18.3. The van der Waals surface area contributed by atoms with E-state index in [9.17, 15) is 14.4 Å². The van der Waals surface area contributed by atoms with Gasteiger partial charge in [0, 0.05) is 20.1 Å². The van der Waals surface area contributed by atoms with Gasteiger partial charge >= 0.3 is 11.9 Å². The number of Topliss-reactive ketones (excluding diaryl/α,β-unsaturated/α-hetero) is 1. The molecule has 0 saturated heterocycles. The van der Waals surface area contributed by atoms with Gasteiger partial charge in [-0.1, -0.05) is 12.1 Å². The molecule has 0 spiro atoms. The zero-order valence-electron chi connectivity index (χ0n) is 15.1. The van der Waals surface area contributed by atoms with Gasteiger partial charge < -0.3 is 10.2 Å². The van der Waals surface area contributed by atoms with E-state index in [2.05, 4.69) is 31.9 Å². The first kappa shape index (κ1) is 21.2. The molecule has 0 atom stereocenters.